The van der Waals surface area contributed by atoms with Gasteiger partial charge < -0.3 is 5.73 Å². The minimum absolute atomic E-state index is 0.148. The molecule has 0 atom stereocenters. The lowest BCUT2D eigenvalue weighted by Gasteiger charge is -2.27. The van der Waals surface area contributed by atoms with Gasteiger partial charge in [0.05, 0.1) is 6.54 Å². The minimum Gasteiger partial charge on any atom is -0.329 e. The summed E-state index contributed by atoms with van der Waals surface area (Å²) in [5.74, 6) is 0. The maximum absolute atomic E-state index is 5.40. The van der Waals surface area contributed by atoms with Crippen LogP contribution in [0.4, 0.5) is 0 Å². The van der Waals surface area contributed by atoms with Crippen LogP contribution in [0.25, 0.3) is 0 Å². The molecule has 4 nitrogen and oxygen atoms in total. The summed E-state index contributed by atoms with van der Waals surface area (Å²) in [6.07, 6.45) is 2.00. The molecule has 0 spiro atoms. The van der Waals surface area contributed by atoms with Crippen LogP contribution in [0.5, 0.6) is 0 Å². The molecule has 0 aromatic rings. The van der Waals surface area contributed by atoms with Gasteiger partial charge in [-0.15, -0.1) is 0 Å². The molecule has 4 heteroatoms. The first-order chi connectivity index (χ1) is 5.56. The molecule has 1 rings (SSSR count). The quantitative estimate of drug-likeness (QED) is 0.676. The highest BCUT2D eigenvalue weighted by Gasteiger charge is 2.23. The summed E-state index contributed by atoms with van der Waals surface area (Å²) in [6.45, 7) is 7.48. The van der Waals surface area contributed by atoms with Crippen LogP contribution < -0.4 is 5.73 Å². The molecule has 0 bridgehead atoms. The summed E-state index contributed by atoms with van der Waals surface area (Å²) in [5, 5.41) is 9.97. The maximum atomic E-state index is 5.40. The van der Waals surface area contributed by atoms with Crippen LogP contribution in [0.1, 0.15) is 20.8 Å². The Morgan fingerprint density at radius 3 is 2.75 bits per heavy atom. The normalized spacial score (nSPS) is 21.0. The second-order valence-electron chi connectivity index (χ2n) is 3.51. The van der Waals surface area contributed by atoms with Crippen molar-refractivity contribution in [1.29, 1.82) is 0 Å². The molecule has 0 aromatic heterocycles. The van der Waals surface area contributed by atoms with Gasteiger partial charge in [-0.25, -0.2) is 0 Å². The lowest BCUT2D eigenvalue weighted by molar-refractivity contribution is 0.324. The van der Waals surface area contributed by atoms with Crippen LogP contribution in [0.15, 0.2) is 22.1 Å². The Morgan fingerprint density at radius 2 is 2.25 bits per heavy atom. The van der Waals surface area contributed by atoms with Gasteiger partial charge in [-0.3, -0.25) is 5.01 Å². The molecule has 0 aromatic carbocycles. The molecule has 0 saturated carbocycles. The van der Waals surface area contributed by atoms with Gasteiger partial charge in [0.25, 0.3) is 0 Å². The second-order valence-corrected chi connectivity index (χ2v) is 3.51. The summed E-state index contributed by atoms with van der Waals surface area (Å²) in [7, 11) is 0. The predicted octanol–water partition coefficient (Wildman–Crippen LogP) is 1.31. The Morgan fingerprint density at radius 1 is 1.58 bits per heavy atom. The lowest BCUT2D eigenvalue weighted by Crippen LogP contribution is -2.28. The molecule has 0 fully saturated rings. The van der Waals surface area contributed by atoms with Crippen LogP contribution in [0, 0.1) is 0 Å². The van der Waals surface area contributed by atoms with Gasteiger partial charge in [-0.05, 0) is 26.3 Å². The highest BCUT2D eigenvalue weighted by atomic mass is 15.5. The number of nitrogens with two attached hydrogens (primary N) is 1. The fourth-order valence-electron chi connectivity index (χ4n) is 0.897. The average molecular weight is 168 g/mol. The van der Waals surface area contributed by atoms with E-state index in [0.29, 0.717) is 6.54 Å². The topological polar surface area (TPSA) is 54.0 Å². The number of hydrogen-bond donors (Lipinski definition) is 1. The Labute approximate surface area is 73.1 Å². The van der Waals surface area contributed by atoms with Crippen molar-refractivity contribution in [2.24, 2.45) is 16.1 Å². The number of hydrogen-bond acceptors (Lipinski definition) is 4. The van der Waals surface area contributed by atoms with E-state index in [1.165, 1.54) is 5.57 Å². The van der Waals surface area contributed by atoms with Crippen LogP contribution in [0.3, 0.4) is 0 Å². The average Bonchev–Trinajstić information content (AvgIpc) is 1.98. The Bertz CT molecular complexity index is 217. The van der Waals surface area contributed by atoms with Crippen LogP contribution >= 0.6 is 0 Å². The SMILES string of the molecule is CC1=CN(CCN)N=NC1(C)C. The molecule has 68 valence electrons. The Balaban J connectivity index is 2.69. The maximum Gasteiger partial charge on any atom is 0.100 e. The molecule has 0 saturated heterocycles. The molecule has 1 aliphatic heterocycles. The fourth-order valence-corrected chi connectivity index (χ4v) is 0.897. The number of rotatable bonds is 2. The molecule has 12 heavy (non-hydrogen) atoms. The van der Waals surface area contributed by atoms with E-state index in [1.807, 2.05) is 20.0 Å². The summed E-state index contributed by atoms with van der Waals surface area (Å²) in [6, 6.07) is 0. The van der Waals surface area contributed by atoms with Crippen molar-refractivity contribution in [2.45, 2.75) is 26.3 Å². The molecular formula is C8H16N4. The van der Waals surface area contributed by atoms with E-state index < -0.39 is 0 Å². The monoisotopic (exact) mass is 168 g/mol. The van der Waals surface area contributed by atoms with Crippen molar-refractivity contribution in [3.63, 3.8) is 0 Å². The zero-order valence-corrected chi connectivity index (χ0v) is 7.91. The van der Waals surface area contributed by atoms with Crippen molar-refractivity contribution < 1.29 is 0 Å². The first-order valence-corrected chi connectivity index (χ1v) is 4.14. The summed E-state index contributed by atoms with van der Waals surface area (Å²) >= 11 is 0. The molecule has 0 radical (unpaired) electrons. The van der Waals surface area contributed by atoms with E-state index in [2.05, 4.69) is 17.3 Å². The molecule has 0 unspecified atom stereocenters. The van der Waals surface area contributed by atoms with Crippen molar-refractivity contribution in [3.8, 4) is 0 Å². The highest BCUT2D eigenvalue weighted by Crippen LogP contribution is 2.24. The molecule has 1 aliphatic rings. The van der Waals surface area contributed by atoms with Crippen LogP contribution in [0.2, 0.25) is 0 Å². The first-order valence-electron chi connectivity index (χ1n) is 4.14. The van der Waals surface area contributed by atoms with Crippen molar-refractivity contribution in [3.05, 3.63) is 11.8 Å². The minimum atomic E-state index is -0.148. The molecule has 0 amide bonds. The van der Waals surface area contributed by atoms with Crippen molar-refractivity contribution in [2.75, 3.05) is 13.1 Å². The zero-order valence-electron chi connectivity index (χ0n) is 7.91. The highest BCUT2D eigenvalue weighted by molar-refractivity contribution is 5.15. The largest absolute Gasteiger partial charge is 0.329 e. The standard InChI is InChI=1S/C8H16N4/c1-7-6-12(5-4-9)11-10-8(7,2)3/h6H,4-5,9H2,1-3H3. The molecule has 1 heterocycles. The fraction of sp³-hybridized carbons (Fsp3) is 0.750. The Hall–Kier alpha value is -0.900. The lowest BCUT2D eigenvalue weighted by atomic mass is 9.97. The molecule has 2 N–H and O–H groups in total. The zero-order chi connectivity index (χ0) is 9.19. The van der Waals surface area contributed by atoms with Gasteiger partial charge in [-0.1, -0.05) is 5.22 Å². The van der Waals surface area contributed by atoms with Gasteiger partial charge in [0, 0.05) is 12.7 Å². The van der Waals surface area contributed by atoms with Gasteiger partial charge in [0.1, 0.15) is 5.54 Å². The van der Waals surface area contributed by atoms with E-state index in [-0.39, 0.29) is 5.54 Å². The van der Waals surface area contributed by atoms with Crippen molar-refractivity contribution in [1.82, 2.24) is 5.01 Å². The van der Waals surface area contributed by atoms with Gasteiger partial charge in [-0.2, -0.15) is 5.11 Å². The summed E-state index contributed by atoms with van der Waals surface area (Å²) < 4.78 is 0. The number of nitrogens with zero attached hydrogens (tertiary/aromatic N) is 3. The van der Waals surface area contributed by atoms with Crippen molar-refractivity contribution >= 4 is 0 Å². The first kappa shape index (κ1) is 9.19. The van der Waals surface area contributed by atoms with Crippen LogP contribution in [-0.4, -0.2) is 23.6 Å². The predicted molar refractivity (Wildman–Crippen MR) is 48.5 cm³/mol. The molecule has 0 aliphatic carbocycles. The Kier molecular flexibility index (Phi) is 2.47. The van der Waals surface area contributed by atoms with E-state index in [0.717, 1.165) is 6.54 Å². The van der Waals surface area contributed by atoms with Gasteiger partial charge in [0.15, 0.2) is 0 Å². The second kappa shape index (κ2) is 3.23. The third-order valence-corrected chi connectivity index (χ3v) is 2.08. The van der Waals surface area contributed by atoms with Crippen LogP contribution in [-0.2, 0) is 0 Å². The molecular weight excluding hydrogens is 152 g/mol. The summed E-state index contributed by atoms with van der Waals surface area (Å²) in [5.41, 5.74) is 6.47. The van der Waals surface area contributed by atoms with E-state index in [4.69, 9.17) is 5.73 Å². The third-order valence-electron chi connectivity index (χ3n) is 2.08. The van der Waals surface area contributed by atoms with E-state index in [1.54, 1.807) is 5.01 Å². The smallest absolute Gasteiger partial charge is 0.100 e. The third kappa shape index (κ3) is 1.82. The van der Waals surface area contributed by atoms with Gasteiger partial charge in [0.2, 0.25) is 0 Å². The summed E-state index contributed by atoms with van der Waals surface area (Å²) in [4.78, 5) is 0. The van der Waals surface area contributed by atoms with Gasteiger partial charge >= 0.3 is 0 Å². The van der Waals surface area contributed by atoms with E-state index in [9.17, 15) is 0 Å². The van der Waals surface area contributed by atoms with E-state index >= 15 is 0 Å².